The number of aromatic amines is 1. The number of hydrogen-bond acceptors (Lipinski definition) is 2. The average Bonchev–Trinajstić information content (AvgIpc) is 3.14. The van der Waals surface area contributed by atoms with E-state index in [0.717, 1.165) is 33.1 Å². The van der Waals surface area contributed by atoms with Gasteiger partial charge in [0.25, 0.3) is 0 Å². The first-order valence-corrected chi connectivity index (χ1v) is 7.78. The van der Waals surface area contributed by atoms with Crippen LogP contribution in [-0.4, -0.2) is 14.5 Å². The maximum Gasteiger partial charge on any atom is 0.149 e. The molecule has 4 aromatic rings. The quantitative estimate of drug-likeness (QED) is 0.557. The summed E-state index contributed by atoms with van der Waals surface area (Å²) in [7, 11) is 2.01. The Morgan fingerprint density at radius 1 is 1.25 bits per heavy atom. The van der Waals surface area contributed by atoms with Crippen LogP contribution >= 0.6 is 0 Å². The van der Waals surface area contributed by atoms with Crippen molar-refractivity contribution in [2.75, 3.05) is 0 Å². The first-order valence-electron chi connectivity index (χ1n) is 7.78. The Balaban J connectivity index is 1.87. The molecule has 0 atom stereocenters. The van der Waals surface area contributed by atoms with Gasteiger partial charge in [0.05, 0.1) is 16.6 Å². The van der Waals surface area contributed by atoms with E-state index in [1.165, 1.54) is 0 Å². The second kappa shape index (κ2) is 5.39. The zero-order valence-corrected chi connectivity index (χ0v) is 13.5. The number of rotatable bonds is 2. The SMILES string of the molecule is Cc1ccc2nc(C(C#N)=Cc3cn(C)c4ccccc34)[nH]c2c1. The smallest absolute Gasteiger partial charge is 0.149 e. The number of H-pyrrole nitrogens is 1. The van der Waals surface area contributed by atoms with Crippen LogP contribution in [0.3, 0.4) is 0 Å². The Bertz CT molecular complexity index is 1140. The molecule has 24 heavy (non-hydrogen) atoms. The number of hydrogen-bond donors (Lipinski definition) is 1. The molecular formula is C20H16N4. The van der Waals surface area contributed by atoms with Gasteiger partial charge in [0.2, 0.25) is 0 Å². The van der Waals surface area contributed by atoms with Crippen molar-refractivity contribution < 1.29 is 0 Å². The van der Waals surface area contributed by atoms with Gasteiger partial charge in [0, 0.05) is 29.7 Å². The van der Waals surface area contributed by atoms with E-state index in [1.807, 2.05) is 56.6 Å². The second-order valence-electron chi connectivity index (χ2n) is 5.99. The molecular weight excluding hydrogens is 296 g/mol. The van der Waals surface area contributed by atoms with Gasteiger partial charge in [-0.1, -0.05) is 24.3 Å². The lowest BCUT2D eigenvalue weighted by Gasteiger charge is -1.94. The van der Waals surface area contributed by atoms with E-state index in [0.29, 0.717) is 11.4 Å². The van der Waals surface area contributed by atoms with Crippen LogP contribution in [0.1, 0.15) is 17.0 Å². The van der Waals surface area contributed by atoms with Crippen molar-refractivity contribution in [3.8, 4) is 6.07 Å². The Hall–Kier alpha value is -3.32. The Kier molecular flexibility index (Phi) is 3.21. The van der Waals surface area contributed by atoms with Crippen LogP contribution in [0.15, 0.2) is 48.7 Å². The lowest BCUT2D eigenvalue weighted by atomic mass is 10.1. The molecule has 0 unspecified atom stereocenters. The number of imidazole rings is 1. The van der Waals surface area contributed by atoms with E-state index >= 15 is 0 Å². The summed E-state index contributed by atoms with van der Waals surface area (Å²) in [6, 6.07) is 16.5. The lowest BCUT2D eigenvalue weighted by Crippen LogP contribution is -1.84. The summed E-state index contributed by atoms with van der Waals surface area (Å²) >= 11 is 0. The van der Waals surface area contributed by atoms with Crippen LogP contribution < -0.4 is 0 Å². The Morgan fingerprint density at radius 2 is 2.08 bits per heavy atom. The highest BCUT2D eigenvalue weighted by atomic mass is 14.9. The summed E-state index contributed by atoms with van der Waals surface area (Å²) in [5.74, 6) is 0.603. The number of aryl methyl sites for hydroxylation is 2. The minimum absolute atomic E-state index is 0.528. The van der Waals surface area contributed by atoms with Gasteiger partial charge in [-0.3, -0.25) is 0 Å². The largest absolute Gasteiger partial charge is 0.350 e. The number of nitrogens with zero attached hydrogens (tertiary/aromatic N) is 3. The molecule has 0 saturated heterocycles. The van der Waals surface area contributed by atoms with E-state index in [2.05, 4.69) is 32.7 Å². The molecule has 0 aliphatic rings. The summed E-state index contributed by atoms with van der Waals surface area (Å²) in [5.41, 5.74) is 5.66. The Labute approximate surface area is 139 Å². The fourth-order valence-corrected chi connectivity index (χ4v) is 3.05. The molecule has 2 aromatic carbocycles. The fourth-order valence-electron chi connectivity index (χ4n) is 3.05. The minimum Gasteiger partial charge on any atom is -0.350 e. The number of nitriles is 1. The molecule has 0 radical (unpaired) electrons. The monoisotopic (exact) mass is 312 g/mol. The van der Waals surface area contributed by atoms with E-state index in [1.54, 1.807) is 0 Å². The lowest BCUT2D eigenvalue weighted by molar-refractivity contribution is 0.968. The molecule has 0 bridgehead atoms. The fraction of sp³-hybridized carbons (Fsp3) is 0.100. The van der Waals surface area contributed by atoms with Gasteiger partial charge in [-0.25, -0.2) is 4.98 Å². The molecule has 4 nitrogen and oxygen atoms in total. The molecule has 0 fully saturated rings. The van der Waals surface area contributed by atoms with Gasteiger partial charge in [-0.2, -0.15) is 5.26 Å². The van der Waals surface area contributed by atoms with Crippen molar-refractivity contribution in [3.05, 3.63) is 65.6 Å². The first-order chi connectivity index (χ1) is 11.7. The van der Waals surface area contributed by atoms with Crippen molar-refractivity contribution in [2.24, 2.45) is 7.05 Å². The van der Waals surface area contributed by atoms with Gasteiger partial charge in [-0.05, 0) is 36.8 Å². The minimum atomic E-state index is 0.528. The number of benzene rings is 2. The van der Waals surface area contributed by atoms with Gasteiger partial charge in [-0.15, -0.1) is 0 Å². The number of allylic oxidation sites excluding steroid dienone is 1. The highest BCUT2D eigenvalue weighted by Gasteiger charge is 2.10. The number of nitrogens with one attached hydrogen (secondary N) is 1. The highest BCUT2D eigenvalue weighted by Crippen LogP contribution is 2.25. The molecule has 0 aliphatic heterocycles. The van der Waals surface area contributed by atoms with E-state index < -0.39 is 0 Å². The molecule has 2 aromatic heterocycles. The molecule has 0 amide bonds. The number of aromatic nitrogens is 3. The van der Waals surface area contributed by atoms with Crippen LogP contribution in [0.2, 0.25) is 0 Å². The molecule has 0 aliphatic carbocycles. The molecule has 116 valence electrons. The van der Waals surface area contributed by atoms with Crippen LogP contribution in [0.5, 0.6) is 0 Å². The zero-order valence-electron chi connectivity index (χ0n) is 13.5. The third kappa shape index (κ3) is 2.27. The van der Waals surface area contributed by atoms with Gasteiger partial charge in [0.1, 0.15) is 11.9 Å². The van der Waals surface area contributed by atoms with E-state index in [9.17, 15) is 5.26 Å². The third-order valence-corrected chi connectivity index (χ3v) is 4.24. The van der Waals surface area contributed by atoms with Crippen molar-refractivity contribution in [1.82, 2.24) is 14.5 Å². The van der Waals surface area contributed by atoms with Gasteiger partial charge >= 0.3 is 0 Å². The van der Waals surface area contributed by atoms with Gasteiger partial charge in [0.15, 0.2) is 0 Å². The standard InChI is InChI=1S/C20H16N4/c1-13-7-8-17-18(9-13)23-20(22-17)14(11-21)10-15-12-24(2)19-6-4-3-5-16(15)19/h3-10,12H,1-2H3,(H,22,23). The highest BCUT2D eigenvalue weighted by molar-refractivity contribution is 5.98. The summed E-state index contributed by atoms with van der Waals surface area (Å²) in [4.78, 5) is 7.81. The average molecular weight is 312 g/mol. The first kappa shape index (κ1) is 14.3. The van der Waals surface area contributed by atoms with Crippen molar-refractivity contribution in [1.29, 1.82) is 5.26 Å². The van der Waals surface area contributed by atoms with Crippen LogP contribution in [0, 0.1) is 18.3 Å². The van der Waals surface area contributed by atoms with Crippen molar-refractivity contribution in [3.63, 3.8) is 0 Å². The Morgan fingerprint density at radius 3 is 2.92 bits per heavy atom. The summed E-state index contributed by atoms with van der Waals surface area (Å²) in [5, 5.41) is 10.7. The molecule has 4 heteroatoms. The van der Waals surface area contributed by atoms with E-state index in [-0.39, 0.29) is 0 Å². The van der Waals surface area contributed by atoms with Crippen molar-refractivity contribution in [2.45, 2.75) is 6.92 Å². The van der Waals surface area contributed by atoms with Crippen LogP contribution in [0.4, 0.5) is 0 Å². The summed E-state index contributed by atoms with van der Waals surface area (Å²) < 4.78 is 2.07. The molecule has 4 rings (SSSR count). The molecule has 2 heterocycles. The summed E-state index contributed by atoms with van der Waals surface area (Å²) in [6.45, 7) is 2.04. The summed E-state index contributed by atoms with van der Waals surface area (Å²) in [6.07, 6.45) is 3.93. The predicted molar refractivity (Wildman–Crippen MR) is 97.2 cm³/mol. The van der Waals surface area contributed by atoms with Crippen molar-refractivity contribution >= 4 is 33.6 Å². The maximum absolute atomic E-state index is 9.61. The van der Waals surface area contributed by atoms with Gasteiger partial charge < -0.3 is 9.55 Å². The molecule has 0 saturated carbocycles. The zero-order chi connectivity index (χ0) is 16.7. The normalized spacial score (nSPS) is 12.0. The third-order valence-electron chi connectivity index (χ3n) is 4.24. The van der Waals surface area contributed by atoms with Crippen LogP contribution in [-0.2, 0) is 7.05 Å². The number of para-hydroxylation sites is 1. The second-order valence-corrected chi connectivity index (χ2v) is 5.99. The molecule has 0 spiro atoms. The predicted octanol–water partition coefficient (Wildman–Crippen LogP) is 4.43. The molecule has 1 N–H and O–H groups in total. The number of fused-ring (bicyclic) bond motifs is 2. The maximum atomic E-state index is 9.61. The van der Waals surface area contributed by atoms with Crippen LogP contribution in [0.25, 0.3) is 33.6 Å². The van der Waals surface area contributed by atoms with E-state index in [4.69, 9.17) is 0 Å². The topological polar surface area (TPSA) is 57.4 Å².